The van der Waals surface area contributed by atoms with Crippen LogP contribution in [0.5, 0.6) is 0 Å². The molecule has 1 N–H and O–H groups in total. The molecule has 0 aliphatic carbocycles. The van der Waals surface area contributed by atoms with Crippen LogP contribution in [0.15, 0.2) is 47.6 Å². The normalized spacial score (nSPS) is 13.2. The summed E-state index contributed by atoms with van der Waals surface area (Å²) >= 11 is 0. The molecule has 0 bridgehead atoms. The zero-order valence-corrected chi connectivity index (χ0v) is 13.8. The highest BCUT2D eigenvalue weighted by atomic mass is 32.2. The van der Waals surface area contributed by atoms with Crippen molar-refractivity contribution < 1.29 is 18.3 Å². The standard InChI is InChI=1S/C15H19N3O4S/c1-3-18(23(21,22)13-10-16-17(2)11-13)14(15(19)20)9-12-7-5-4-6-8-12/h4-8,10-11,14H,3,9H2,1-2H3,(H,19,20). The molecule has 2 aromatic rings. The van der Waals surface area contributed by atoms with Crippen molar-refractivity contribution >= 4 is 16.0 Å². The van der Waals surface area contributed by atoms with Gasteiger partial charge in [0.2, 0.25) is 10.0 Å². The molecule has 1 aromatic heterocycles. The molecule has 0 saturated heterocycles. The number of sulfonamides is 1. The zero-order valence-electron chi connectivity index (χ0n) is 13.0. The first-order valence-electron chi connectivity index (χ1n) is 7.13. The number of carboxylic acids is 1. The van der Waals surface area contributed by atoms with Gasteiger partial charge in [-0.05, 0) is 12.0 Å². The molecule has 0 amide bonds. The fraction of sp³-hybridized carbons (Fsp3) is 0.333. The molecular formula is C15H19N3O4S. The van der Waals surface area contributed by atoms with Gasteiger partial charge in [-0.25, -0.2) is 8.42 Å². The van der Waals surface area contributed by atoms with E-state index in [0.29, 0.717) is 0 Å². The third-order valence-corrected chi connectivity index (χ3v) is 5.44. The van der Waals surface area contributed by atoms with E-state index in [4.69, 9.17) is 0 Å². The van der Waals surface area contributed by atoms with E-state index in [1.807, 2.05) is 6.07 Å². The van der Waals surface area contributed by atoms with Crippen molar-refractivity contribution in [2.24, 2.45) is 7.05 Å². The minimum absolute atomic E-state index is 0.0128. The number of aryl methyl sites for hydroxylation is 1. The predicted molar refractivity (Wildman–Crippen MR) is 84.3 cm³/mol. The van der Waals surface area contributed by atoms with Gasteiger partial charge in [-0.2, -0.15) is 9.40 Å². The smallest absolute Gasteiger partial charge is 0.322 e. The average molecular weight is 337 g/mol. The van der Waals surface area contributed by atoms with Crippen LogP contribution in [0.1, 0.15) is 12.5 Å². The fourth-order valence-corrected chi connectivity index (χ4v) is 3.95. The van der Waals surface area contributed by atoms with Crippen molar-refractivity contribution in [3.8, 4) is 0 Å². The number of benzene rings is 1. The summed E-state index contributed by atoms with van der Waals surface area (Å²) in [4.78, 5) is 11.6. The Balaban J connectivity index is 2.37. The molecule has 23 heavy (non-hydrogen) atoms. The monoisotopic (exact) mass is 337 g/mol. The van der Waals surface area contributed by atoms with Crippen molar-refractivity contribution in [3.63, 3.8) is 0 Å². The number of likely N-dealkylation sites (N-methyl/N-ethyl adjacent to an activating group) is 1. The van der Waals surface area contributed by atoms with Crippen LogP contribution in [0, 0.1) is 0 Å². The summed E-state index contributed by atoms with van der Waals surface area (Å²) in [6.07, 6.45) is 2.68. The van der Waals surface area contributed by atoms with Crippen LogP contribution in [-0.4, -0.2) is 46.2 Å². The van der Waals surface area contributed by atoms with Crippen LogP contribution in [0.2, 0.25) is 0 Å². The van der Waals surface area contributed by atoms with Crippen LogP contribution in [0.4, 0.5) is 0 Å². The maximum Gasteiger partial charge on any atom is 0.322 e. The van der Waals surface area contributed by atoms with Crippen molar-refractivity contribution in [2.45, 2.75) is 24.3 Å². The molecule has 1 atom stereocenters. The molecule has 1 heterocycles. The molecule has 0 saturated carbocycles. The highest BCUT2D eigenvalue weighted by Gasteiger charge is 2.35. The first kappa shape index (κ1) is 17.2. The SMILES string of the molecule is CCN(C(Cc1ccccc1)C(=O)O)S(=O)(=O)c1cnn(C)c1. The molecule has 2 rings (SSSR count). The van der Waals surface area contributed by atoms with Gasteiger partial charge in [0.15, 0.2) is 0 Å². The van der Waals surface area contributed by atoms with Gasteiger partial charge in [-0.3, -0.25) is 9.48 Å². The maximum atomic E-state index is 12.7. The molecule has 124 valence electrons. The fourth-order valence-electron chi connectivity index (χ4n) is 2.37. The Bertz CT molecular complexity index is 771. The molecule has 0 aliphatic rings. The van der Waals surface area contributed by atoms with Gasteiger partial charge >= 0.3 is 5.97 Å². The third-order valence-electron chi connectivity index (χ3n) is 3.50. The number of hydrogen-bond donors (Lipinski definition) is 1. The first-order valence-corrected chi connectivity index (χ1v) is 8.57. The largest absolute Gasteiger partial charge is 0.480 e. The Morgan fingerprint density at radius 2 is 2.00 bits per heavy atom. The number of nitrogens with zero attached hydrogens (tertiary/aromatic N) is 3. The minimum atomic E-state index is -3.93. The van der Waals surface area contributed by atoms with Crippen molar-refractivity contribution in [2.75, 3.05) is 6.54 Å². The van der Waals surface area contributed by atoms with Gasteiger partial charge in [-0.1, -0.05) is 37.3 Å². The van der Waals surface area contributed by atoms with E-state index >= 15 is 0 Å². The Labute approximate surface area is 135 Å². The Morgan fingerprint density at radius 1 is 1.35 bits per heavy atom. The minimum Gasteiger partial charge on any atom is -0.480 e. The number of aromatic nitrogens is 2. The van der Waals surface area contributed by atoms with E-state index in [2.05, 4.69) is 5.10 Å². The van der Waals surface area contributed by atoms with Crippen LogP contribution in [0.25, 0.3) is 0 Å². The van der Waals surface area contributed by atoms with E-state index in [-0.39, 0.29) is 17.9 Å². The summed E-state index contributed by atoms with van der Waals surface area (Å²) in [5, 5.41) is 13.4. The van der Waals surface area contributed by atoms with Gasteiger partial charge in [0.25, 0.3) is 0 Å². The van der Waals surface area contributed by atoms with Crippen LogP contribution >= 0.6 is 0 Å². The molecule has 1 unspecified atom stereocenters. The Hall–Kier alpha value is -2.19. The second kappa shape index (κ2) is 6.93. The molecule has 1 aromatic carbocycles. The van der Waals surface area contributed by atoms with Gasteiger partial charge in [0, 0.05) is 19.8 Å². The van der Waals surface area contributed by atoms with Crippen molar-refractivity contribution in [3.05, 3.63) is 48.3 Å². The van der Waals surface area contributed by atoms with Crippen LogP contribution < -0.4 is 0 Å². The second-order valence-corrected chi connectivity index (χ2v) is 6.99. The van der Waals surface area contributed by atoms with E-state index in [1.165, 1.54) is 17.1 Å². The highest BCUT2D eigenvalue weighted by Crippen LogP contribution is 2.20. The lowest BCUT2D eigenvalue weighted by Gasteiger charge is -2.26. The average Bonchev–Trinajstić information content (AvgIpc) is 2.95. The summed E-state index contributed by atoms with van der Waals surface area (Å²) in [5.74, 6) is -1.18. The van der Waals surface area contributed by atoms with Gasteiger partial charge in [-0.15, -0.1) is 0 Å². The number of aliphatic carboxylic acids is 1. The lowest BCUT2D eigenvalue weighted by molar-refractivity contribution is -0.141. The summed E-state index contributed by atoms with van der Waals surface area (Å²) in [7, 11) is -2.32. The lowest BCUT2D eigenvalue weighted by Crippen LogP contribution is -2.46. The van der Waals surface area contributed by atoms with E-state index in [9.17, 15) is 18.3 Å². The summed E-state index contributed by atoms with van der Waals surface area (Å²) in [5.41, 5.74) is 0.764. The highest BCUT2D eigenvalue weighted by molar-refractivity contribution is 7.89. The molecule has 0 fully saturated rings. The summed E-state index contributed by atoms with van der Waals surface area (Å²) in [6.45, 7) is 1.68. The van der Waals surface area contributed by atoms with Gasteiger partial charge < -0.3 is 5.11 Å². The number of rotatable bonds is 7. The molecule has 7 nitrogen and oxygen atoms in total. The van der Waals surface area contributed by atoms with Crippen LogP contribution in [0.3, 0.4) is 0 Å². The van der Waals surface area contributed by atoms with E-state index < -0.39 is 22.0 Å². The van der Waals surface area contributed by atoms with Crippen molar-refractivity contribution in [1.82, 2.24) is 14.1 Å². The number of carbonyl (C=O) groups is 1. The Kier molecular flexibility index (Phi) is 5.17. The van der Waals surface area contributed by atoms with E-state index in [1.54, 1.807) is 38.2 Å². The third kappa shape index (κ3) is 3.77. The van der Waals surface area contributed by atoms with Gasteiger partial charge in [0.1, 0.15) is 10.9 Å². The molecule has 0 spiro atoms. The Morgan fingerprint density at radius 3 is 2.48 bits per heavy atom. The van der Waals surface area contributed by atoms with E-state index in [0.717, 1.165) is 9.87 Å². The van der Waals surface area contributed by atoms with Gasteiger partial charge in [0.05, 0.1) is 6.20 Å². The quantitative estimate of drug-likeness (QED) is 0.817. The molecule has 0 radical (unpaired) electrons. The second-order valence-electron chi connectivity index (χ2n) is 5.10. The summed E-state index contributed by atoms with van der Waals surface area (Å²) in [6, 6.07) is 7.79. The molecular weight excluding hydrogens is 318 g/mol. The summed E-state index contributed by atoms with van der Waals surface area (Å²) < 4.78 is 27.8. The zero-order chi connectivity index (χ0) is 17.0. The number of carboxylic acid groups (broad SMARTS) is 1. The predicted octanol–water partition coefficient (Wildman–Crippen LogP) is 1.13. The maximum absolute atomic E-state index is 12.7. The lowest BCUT2D eigenvalue weighted by atomic mass is 10.1. The molecule has 8 heteroatoms. The topological polar surface area (TPSA) is 92.5 Å². The first-order chi connectivity index (χ1) is 10.9. The van der Waals surface area contributed by atoms with Crippen molar-refractivity contribution in [1.29, 1.82) is 0 Å². The molecule has 0 aliphatic heterocycles. The van der Waals surface area contributed by atoms with Crippen LogP contribution in [-0.2, 0) is 28.3 Å². The number of hydrogen-bond acceptors (Lipinski definition) is 4.